The van der Waals surface area contributed by atoms with Crippen molar-refractivity contribution in [1.29, 1.82) is 0 Å². The Hall–Kier alpha value is -2.37. The van der Waals surface area contributed by atoms with Gasteiger partial charge in [0.2, 0.25) is 11.8 Å². The van der Waals surface area contributed by atoms with E-state index < -0.39 is 17.8 Å². The molecule has 0 bridgehead atoms. The summed E-state index contributed by atoms with van der Waals surface area (Å²) in [4.78, 5) is 34.2. The van der Waals surface area contributed by atoms with Crippen LogP contribution in [0.15, 0.2) is 24.3 Å². The van der Waals surface area contributed by atoms with Crippen LogP contribution in [-0.4, -0.2) is 17.8 Å². The number of hydrogen-bond acceptors (Lipinski definition) is 3. The van der Waals surface area contributed by atoms with Crippen LogP contribution in [-0.2, 0) is 16.0 Å². The van der Waals surface area contributed by atoms with Crippen molar-refractivity contribution in [3.8, 4) is 0 Å². The Morgan fingerprint density at radius 1 is 1.18 bits per heavy atom. The number of benzene rings is 1. The first-order valence-corrected chi connectivity index (χ1v) is 4.90. The maximum atomic E-state index is 11.3. The quantitative estimate of drug-likeness (QED) is 0.778. The summed E-state index contributed by atoms with van der Waals surface area (Å²) in [6.45, 7) is 1.21. The number of hydrogen-bond donors (Lipinski definition) is 2. The Morgan fingerprint density at radius 3 is 2.24 bits per heavy atom. The minimum Gasteiger partial charge on any atom is -0.369 e. The van der Waals surface area contributed by atoms with E-state index in [9.17, 15) is 14.4 Å². The number of nitrogens with two attached hydrogens (primary N) is 2. The molecule has 0 aliphatic carbocycles. The van der Waals surface area contributed by atoms with Crippen molar-refractivity contribution in [2.24, 2.45) is 11.5 Å². The monoisotopic (exact) mass is 235 g/mol. The highest BCUT2D eigenvalue weighted by Gasteiger charge is 2.20. The Balaban J connectivity index is 3.23. The molecule has 0 atom stereocenters. The average Bonchev–Trinajstić information content (AvgIpc) is 2.18. The fraction of sp³-hybridized carbons (Fsp3) is 0.182. The Kier molecular flexibility index (Phi) is 3.82. The van der Waals surface area contributed by atoms with E-state index in [0.29, 0.717) is 5.56 Å². The summed E-state index contributed by atoms with van der Waals surface area (Å²) >= 11 is 0. The number of carbonyl (C=O) groups is 3. The third-order valence-electron chi connectivity index (χ3n) is 2.13. The molecule has 0 fully saturated rings. The molecular weight excluding hydrogens is 222 g/mol. The van der Waals surface area contributed by atoms with Gasteiger partial charge in [-0.1, -0.05) is 18.2 Å². The molecular formula is C11H13N3O3. The van der Waals surface area contributed by atoms with Gasteiger partial charge < -0.3 is 11.5 Å². The van der Waals surface area contributed by atoms with Crippen LogP contribution in [0.25, 0.3) is 0 Å². The van der Waals surface area contributed by atoms with Gasteiger partial charge in [-0.3, -0.25) is 9.59 Å². The van der Waals surface area contributed by atoms with Crippen LogP contribution in [0.4, 0.5) is 10.5 Å². The van der Waals surface area contributed by atoms with Gasteiger partial charge in [0.1, 0.15) is 0 Å². The molecule has 6 nitrogen and oxygen atoms in total. The zero-order valence-electron chi connectivity index (χ0n) is 9.34. The molecule has 6 heteroatoms. The van der Waals surface area contributed by atoms with Gasteiger partial charge in [0.25, 0.3) is 0 Å². The van der Waals surface area contributed by atoms with Crippen molar-refractivity contribution in [2.75, 3.05) is 4.90 Å². The number of urea groups is 1. The lowest BCUT2D eigenvalue weighted by molar-refractivity contribution is -0.118. The van der Waals surface area contributed by atoms with Crippen LogP contribution in [0.1, 0.15) is 12.5 Å². The number of carbonyl (C=O) groups excluding carboxylic acids is 3. The molecule has 0 heterocycles. The van der Waals surface area contributed by atoms with Gasteiger partial charge in [0.05, 0.1) is 12.1 Å². The maximum Gasteiger partial charge on any atom is 0.326 e. The summed E-state index contributed by atoms with van der Waals surface area (Å²) in [5, 5.41) is 0. The summed E-state index contributed by atoms with van der Waals surface area (Å²) < 4.78 is 0. The van der Waals surface area contributed by atoms with E-state index >= 15 is 0 Å². The highest BCUT2D eigenvalue weighted by atomic mass is 16.2. The fourth-order valence-electron chi connectivity index (χ4n) is 1.51. The number of amides is 4. The molecule has 0 aliphatic heterocycles. The second kappa shape index (κ2) is 5.11. The summed E-state index contributed by atoms with van der Waals surface area (Å²) in [6, 6.07) is 5.57. The molecule has 1 aromatic carbocycles. The molecule has 4 amide bonds. The number of imide groups is 1. The van der Waals surface area contributed by atoms with Gasteiger partial charge in [-0.2, -0.15) is 0 Å². The first-order chi connectivity index (χ1) is 7.93. The van der Waals surface area contributed by atoms with Gasteiger partial charge >= 0.3 is 6.03 Å². The van der Waals surface area contributed by atoms with Gasteiger partial charge in [-0.15, -0.1) is 0 Å². The lowest BCUT2D eigenvalue weighted by atomic mass is 10.1. The molecule has 0 spiro atoms. The molecule has 17 heavy (non-hydrogen) atoms. The van der Waals surface area contributed by atoms with E-state index in [2.05, 4.69) is 0 Å². The third-order valence-corrected chi connectivity index (χ3v) is 2.13. The van der Waals surface area contributed by atoms with E-state index in [1.54, 1.807) is 18.2 Å². The molecule has 0 saturated carbocycles. The van der Waals surface area contributed by atoms with E-state index in [1.807, 2.05) is 0 Å². The van der Waals surface area contributed by atoms with Gasteiger partial charge in [-0.05, 0) is 11.6 Å². The molecule has 1 aromatic rings. The van der Waals surface area contributed by atoms with Crippen LogP contribution in [0, 0.1) is 0 Å². The standard InChI is InChI=1S/C11H13N3O3/c1-7(15)14(11(13)17)9-5-3-2-4-8(9)6-10(12)16/h2-5H,6H2,1H3,(H2,12,16)(H2,13,17). The van der Waals surface area contributed by atoms with Crippen LogP contribution >= 0.6 is 0 Å². The SMILES string of the molecule is CC(=O)N(C(N)=O)c1ccccc1CC(N)=O. The van der Waals surface area contributed by atoms with Crippen molar-refractivity contribution in [3.05, 3.63) is 29.8 Å². The Morgan fingerprint density at radius 2 is 1.76 bits per heavy atom. The number of anilines is 1. The maximum absolute atomic E-state index is 11.3. The predicted molar refractivity (Wildman–Crippen MR) is 62.1 cm³/mol. The molecule has 0 aliphatic rings. The van der Waals surface area contributed by atoms with Gasteiger partial charge in [0.15, 0.2) is 0 Å². The van der Waals surface area contributed by atoms with Crippen molar-refractivity contribution < 1.29 is 14.4 Å². The van der Waals surface area contributed by atoms with E-state index in [1.165, 1.54) is 13.0 Å². The van der Waals surface area contributed by atoms with Gasteiger partial charge in [0, 0.05) is 6.92 Å². The third kappa shape index (κ3) is 3.04. The molecule has 0 saturated heterocycles. The number of primary amides is 2. The van der Waals surface area contributed by atoms with Crippen LogP contribution < -0.4 is 16.4 Å². The summed E-state index contributed by atoms with van der Waals surface area (Å²) in [5.41, 5.74) is 11.0. The summed E-state index contributed by atoms with van der Waals surface area (Å²) in [7, 11) is 0. The minimum atomic E-state index is -0.894. The zero-order chi connectivity index (χ0) is 13.0. The Labute approximate surface area is 98.2 Å². The van der Waals surface area contributed by atoms with Crippen LogP contribution in [0.3, 0.4) is 0 Å². The van der Waals surface area contributed by atoms with E-state index in [0.717, 1.165) is 4.90 Å². The van der Waals surface area contributed by atoms with Gasteiger partial charge in [-0.25, -0.2) is 9.69 Å². The first kappa shape index (κ1) is 12.7. The first-order valence-electron chi connectivity index (χ1n) is 4.90. The predicted octanol–water partition coefficient (Wildman–Crippen LogP) is 0.146. The zero-order valence-corrected chi connectivity index (χ0v) is 9.34. The molecule has 0 unspecified atom stereocenters. The normalized spacial score (nSPS) is 9.71. The van der Waals surface area contributed by atoms with E-state index in [4.69, 9.17) is 11.5 Å². The minimum absolute atomic E-state index is 0.0623. The lowest BCUT2D eigenvalue weighted by Gasteiger charge is -2.19. The number of para-hydroxylation sites is 1. The van der Waals surface area contributed by atoms with Crippen molar-refractivity contribution >= 4 is 23.5 Å². The van der Waals surface area contributed by atoms with Crippen molar-refractivity contribution in [1.82, 2.24) is 0 Å². The number of nitrogens with zero attached hydrogens (tertiary/aromatic N) is 1. The second-order valence-electron chi connectivity index (χ2n) is 3.46. The average molecular weight is 235 g/mol. The highest BCUT2D eigenvalue weighted by Crippen LogP contribution is 2.20. The largest absolute Gasteiger partial charge is 0.369 e. The van der Waals surface area contributed by atoms with Crippen molar-refractivity contribution in [2.45, 2.75) is 13.3 Å². The Bertz CT molecular complexity index is 457. The molecule has 90 valence electrons. The highest BCUT2D eigenvalue weighted by molar-refractivity contribution is 6.13. The topological polar surface area (TPSA) is 106 Å². The summed E-state index contributed by atoms with van der Waals surface area (Å²) in [6.07, 6.45) is -0.0623. The smallest absolute Gasteiger partial charge is 0.326 e. The molecule has 1 rings (SSSR count). The second-order valence-corrected chi connectivity index (χ2v) is 3.46. The van der Waals surface area contributed by atoms with Crippen molar-refractivity contribution in [3.63, 3.8) is 0 Å². The van der Waals surface area contributed by atoms with Crippen LogP contribution in [0.5, 0.6) is 0 Å². The molecule has 0 radical (unpaired) electrons. The molecule has 4 N–H and O–H groups in total. The fourth-order valence-corrected chi connectivity index (χ4v) is 1.51. The number of rotatable bonds is 3. The molecule has 0 aromatic heterocycles. The lowest BCUT2D eigenvalue weighted by Crippen LogP contribution is -2.40. The summed E-state index contributed by atoms with van der Waals surface area (Å²) in [5.74, 6) is -1.07. The van der Waals surface area contributed by atoms with E-state index in [-0.39, 0.29) is 12.1 Å². The van der Waals surface area contributed by atoms with Crippen LogP contribution in [0.2, 0.25) is 0 Å².